The van der Waals surface area contributed by atoms with E-state index in [2.05, 4.69) is 31.0 Å². The van der Waals surface area contributed by atoms with Crippen LogP contribution in [0.1, 0.15) is 33.6 Å². The minimum absolute atomic E-state index is 0.368. The molecule has 1 rings (SSSR count). The highest BCUT2D eigenvalue weighted by molar-refractivity contribution is 4.79. The van der Waals surface area contributed by atoms with Crippen molar-refractivity contribution in [1.29, 1.82) is 0 Å². The highest BCUT2D eigenvalue weighted by atomic mass is 16.5. The molecule has 0 bridgehead atoms. The molecule has 3 heteroatoms. The topological polar surface area (TPSA) is 24.5 Å². The Morgan fingerprint density at radius 1 is 1.31 bits per heavy atom. The van der Waals surface area contributed by atoms with Gasteiger partial charge in [0.1, 0.15) is 0 Å². The standard InChI is InChI=1S/C13H28N2O/c1-5-16-12-6-8-15(9-7-12)11-13(2,3)10-14-4/h12,14H,5-11H2,1-4H3. The van der Waals surface area contributed by atoms with E-state index >= 15 is 0 Å². The molecule has 1 fully saturated rings. The molecule has 1 N–H and O–H groups in total. The average Bonchev–Trinajstić information content (AvgIpc) is 2.21. The van der Waals surface area contributed by atoms with Crippen LogP contribution in [0.2, 0.25) is 0 Å². The van der Waals surface area contributed by atoms with Crippen molar-refractivity contribution >= 4 is 0 Å². The van der Waals surface area contributed by atoms with Crippen molar-refractivity contribution in [1.82, 2.24) is 10.2 Å². The molecule has 96 valence electrons. The monoisotopic (exact) mass is 228 g/mol. The maximum Gasteiger partial charge on any atom is 0.0599 e. The first-order valence-electron chi connectivity index (χ1n) is 6.56. The van der Waals surface area contributed by atoms with Crippen molar-refractivity contribution in [3.63, 3.8) is 0 Å². The van der Waals surface area contributed by atoms with Gasteiger partial charge in [-0.3, -0.25) is 0 Å². The largest absolute Gasteiger partial charge is 0.378 e. The molecule has 16 heavy (non-hydrogen) atoms. The number of hydrogen-bond donors (Lipinski definition) is 1. The first-order valence-corrected chi connectivity index (χ1v) is 6.56. The van der Waals surface area contributed by atoms with E-state index in [1.54, 1.807) is 0 Å². The van der Waals surface area contributed by atoms with E-state index in [0.717, 1.165) is 13.2 Å². The number of nitrogens with zero attached hydrogens (tertiary/aromatic N) is 1. The fourth-order valence-corrected chi connectivity index (χ4v) is 2.61. The van der Waals surface area contributed by atoms with Crippen LogP contribution in [0, 0.1) is 5.41 Å². The lowest BCUT2D eigenvalue weighted by Crippen LogP contribution is -2.44. The summed E-state index contributed by atoms with van der Waals surface area (Å²) in [6.07, 6.45) is 2.90. The number of nitrogens with one attached hydrogen (secondary N) is 1. The van der Waals surface area contributed by atoms with Gasteiger partial charge in [0.25, 0.3) is 0 Å². The molecule has 0 unspecified atom stereocenters. The predicted molar refractivity (Wildman–Crippen MR) is 68.8 cm³/mol. The third-order valence-electron chi connectivity index (χ3n) is 3.24. The van der Waals surface area contributed by atoms with Gasteiger partial charge in [0.15, 0.2) is 0 Å². The fourth-order valence-electron chi connectivity index (χ4n) is 2.61. The van der Waals surface area contributed by atoms with Crippen molar-refractivity contribution < 1.29 is 4.74 Å². The summed E-state index contributed by atoms with van der Waals surface area (Å²) in [7, 11) is 2.03. The number of rotatable bonds is 6. The number of piperidine rings is 1. The number of likely N-dealkylation sites (tertiary alicyclic amines) is 1. The Balaban J connectivity index is 2.26. The normalized spacial score (nSPS) is 20.2. The minimum atomic E-state index is 0.368. The smallest absolute Gasteiger partial charge is 0.0599 e. The van der Waals surface area contributed by atoms with Gasteiger partial charge in [-0.05, 0) is 32.2 Å². The van der Waals surface area contributed by atoms with Crippen molar-refractivity contribution in [2.24, 2.45) is 5.41 Å². The van der Waals surface area contributed by atoms with Gasteiger partial charge in [-0.15, -0.1) is 0 Å². The van der Waals surface area contributed by atoms with Crippen LogP contribution in [-0.2, 0) is 4.74 Å². The van der Waals surface area contributed by atoms with E-state index in [1.165, 1.54) is 32.5 Å². The summed E-state index contributed by atoms with van der Waals surface area (Å²) >= 11 is 0. The van der Waals surface area contributed by atoms with Crippen LogP contribution in [0.3, 0.4) is 0 Å². The highest BCUT2D eigenvalue weighted by Gasteiger charge is 2.25. The molecule has 1 heterocycles. The van der Waals surface area contributed by atoms with Gasteiger partial charge in [-0.1, -0.05) is 13.8 Å². The van der Waals surface area contributed by atoms with E-state index in [9.17, 15) is 0 Å². The van der Waals surface area contributed by atoms with Crippen LogP contribution in [0.25, 0.3) is 0 Å². The zero-order chi connectivity index (χ0) is 12.0. The highest BCUT2D eigenvalue weighted by Crippen LogP contribution is 2.20. The molecular weight excluding hydrogens is 200 g/mol. The lowest BCUT2D eigenvalue weighted by molar-refractivity contribution is 0.00668. The molecule has 1 saturated heterocycles. The van der Waals surface area contributed by atoms with Crippen LogP contribution in [-0.4, -0.2) is 50.8 Å². The van der Waals surface area contributed by atoms with Crippen LogP contribution < -0.4 is 5.32 Å². The van der Waals surface area contributed by atoms with Crippen LogP contribution in [0.15, 0.2) is 0 Å². The second kappa shape index (κ2) is 6.58. The van der Waals surface area contributed by atoms with E-state index in [-0.39, 0.29) is 0 Å². The molecule has 0 saturated carbocycles. The fraction of sp³-hybridized carbons (Fsp3) is 1.00. The van der Waals surface area contributed by atoms with Gasteiger partial charge >= 0.3 is 0 Å². The summed E-state index contributed by atoms with van der Waals surface area (Å²) in [4.78, 5) is 2.58. The molecule has 1 aliphatic heterocycles. The summed E-state index contributed by atoms with van der Waals surface area (Å²) in [6.45, 7) is 12.3. The molecule has 0 atom stereocenters. The maximum atomic E-state index is 5.67. The van der Waals surface area contributed by atoms with Gasteiger partial charge in [0.05, 0.1) is 6.10 Å². The molecule has 0 aromatic carbocycles. The van der Waals surface area contributed by atoms with E-state index in [1.807, 2.05) is 7.05 Å². The third-order valence-corrected chi connectivity index (χ3v) is 3.24. The van der Waals surface area contributed by atoms with Crippen molar-refractivity contribution in [2.75, 3.05) is 39.8 Å². The predicted octanol–water partition coefficient (Wildman–Crippen LogP) is 1.73. The number of ether oxygens (including phenoxy) is 1. The molecule has 0 spiro atoms. The third kappa shape index (κ3) is 4.81. The summed E-state index contributed by atoms with van der Waals surface area (Å²) < 4.78 is 5.67. The van der Waals surface area contributed by atoms with E-state index in [0.29, 0.717) is 11.5 Å². The molecule has 0 aromatic heterocycles. The number of hydrogen-bond acceptors (Lipinski definition) is 3. The van der Waals surface area contributed by atoms with E-state index in [4.69, 9.17) is 4.74 Å². The van der Waals surface area contributed by atoms with Crippen LogP contribution in [0.4, 0.5) is 0 Å². The Bertz CT molecular complexity index is 186. The zero-order valence-electron chi connectivity index (χ0n) is 11.4. The summed E-state index contributed by atoms with van der Waals surface area (Å²) in [5.74, 6) is 0. The second-order valence-corrected chi connectivity index (χ2v) is 5.63. The van der Waals surface area contributed by atoms with E-state index < -0.39 is 0 Å². The second-order valence-electron chi connectivity index (χ2n) is 5.63. The quantitative estimate of drug-likeness (QED) is 0.749. The maximum absolute atomic E-state index is 5.67. The van der Waals surface area contributed by atoms with Crippen molar-refractivity contribution in [2.45, 2.75) is 39.7 Å². The Hall–Kier alpha value is -0.120. The molecule has 3 nitrogen and oxygen atoms in total. The molecule has 0 amide bonds. The Morgan fingerprint density at radius 3 is 2.44 bits per heavy atom. The lowest BCUT2D eigenvalue weighted by atomic mass is 9.91. The summed E-state index contributed by atoms with van der Waals surface area (Å²) in [5.41, 5.74) is 0.368. The molecule has 0 aliphatic carbocycles. The van der Waals surface area contributed by atoms with Crippen LogP contribution in [0.5, 0.6) is 0 Å². The zero-order valence-corrected chi connectivity index (χ0v) is 11.4. The lowest BCUT2D eigenvalue weighted by Gasteiger charge is -2.37. The average molecular weight is 228 g/mol. The van der Waals surface area contributed by atoms with Gasteiger partial charge in [-0.2, -0.15) is 0 Å². The SMILES string of the molecule is CCOC1CCN(CC(C)(C)CNC)CC1. The van der Waals surface area contributed by atoms with Crippen molar-refractivity contribution in [3.8, 4) is 0 Å². The Labute approximate surface area is 101 Å². The van der Waals surface area contributed by atoms with Gasteiger partial charge in [0, 0.05) is 32.8 Å². The summed E-state index contributed by atoms with van der Waals surface area (Å²) in [5, 5.41) is 3.28. The molecular formula is C13H28N2O. The Morgan fingerprint density at radius 2 is 1.94 bits per heavy atom. The van der Waals surface area contributed by atoms with Crippen molar-refractivity contribution in [3.05, 3.63) is 0 Å². The molecule has 1 aliphatic rings. The first-order chi connectivity index (χ1) is 7.57. The van der Waals surface area contributed by atoms with Crippen LogP contribution >= 0.6 is 0 Å². The molecule has 0 radical (unpaired) electrons. The van der Waals surface area contributed by atoms with Gasteiger partial charge in [-0.25, -0.2) is 0 Å². The molecule has 0 aromatic rings. The first kappa shape index (κ1) is 13.9. The Kier molecular flexibility index (Phi) is 5.73. The minimum Gasteiger partial charge on any atom is -0.378 e. The van der Waals surface area contributed by atoms with Gasteiger partial charge < -0.3 is 15.0 Å². The summed E-state index contributed by atoms with van der Waals surface area (Å²) in [6, 6.07) is 0. The van der Waals surface area contributed by atoms with Gasteiger partial charge in [0.2, 0.25) is 0 Å².